The summed E-state index contributed by atoms with van der Waals surface area (Å²) in [7, 11) is 1.63. The van der Waals surface area contributed by atoms with E-state index in [1.165, 1.54) is 4.90 Å². The van der Waals surface area contributed by atoms with Crippen LogP contribution in [-0.2, 0) is 0 Å². The molecule has 106 valence electrons. The van der Waals surface area contributed by atoms with Gasteiger partial charge in [-0.05, 0) is 30.5 Å². The third-order valence-corrected chi connectivity index (χ3v) is 4.24. The van der Waals surface area contributed by atoms with Crippen molar-refractivity contribution in [1.82, 2.24) is 9.97 Å². The third kappa shape index (κ3) is 2.82. The molecule has 0 radical (unpaired) electrons. The van der Waals surface area contributed by atoms with Crippen LogP contribution < -0.4 is 4.74 Å². The summed E-state index contributed by atoms with van der Waals surface area (Å²) >= 11 is 7.97. The van der Waals surface area contributed by atoms with Crippen LogP contribution in [0.1, 0.15) is 0 Å². The summed E-state index contributed by atoms with van der Waals surface area (Å²) in [6.45, 7) is 0. The molecular weight excluding hydrogens is 304 g/mol. The lowest BCUT2D eigenvalue weighted by molar-refractivity contribution is 0.415. The average molecular weight is 317 g/mol. The van der Waals surface area contributed by atoms with Crippen molar-refractivity contribution in [2.45, 2.75) is 4.90 Å². The van der Waals surface area contributed by atoms with Crippen molar-refractivity contribution in [3.8, 4) is 17.1 Å². The van der Waals surface area contributed by atoms with Crippen LogP contribution in [0, 0.1) is 0 Å². The monoisotopic (exact) mass is 316 g/mol. The van der Waals surface area contributed by atoms with E-state index in [1.807, 2.05) is 48.7 Å². The van der Waals surface area contributed by atoms with E-state index in [0.717, 1.165) is 22.2 Å². The molecule has 0 aliphatic rings. The number of ether oxygens (including phenoxy) is 1. The molecule has 2 aromatic carbocycles. The standard InChI is InChI=1S/C16H13ClN2OS/c1-20-11-5-8-13-14(9-11)18-16(19-15(13)17)10-3-6-12(21-2)7-4-10/h3-9H,1-2H3. The van der Waals surface area contributed by atoms with Crippen molar-refractivity contribution in [3.63, 3.8) is 0 Å². The number of methoxy groups -OCH3 is 1. The van der Waals surface area contributed by atoms with Crippen molar-refractivity contribution in [1.29, 1.82) is 0 Å². The van der Waals surface area contributed by atoms with E-state index in [1.54, 1.807) is 18.9 Å². The molecule has 0 bridgehead atoms. The number of nitrogens with zero attached hydrogens (tertiary/aromatic N) is 2. The van der Waals surface area contributed by atoms with Crippen LogP contribution in [0.3, 0.4) is 0 Å². The summed E-state index contributed by atoms with van der Waals surface area (Å²) in [5, 5.41) is 1.27. The maximum atomic E-state index is 6.27. The highest BCUT2D eigenvalue weighted by Crippen LogP contribution is 2.28. The molecule has 1 aromatic heterocycles. The molecule has 0 unspecified atom stereocenters. The third-order valence-electron chi connectivity index (χ3n) is 3.21. The molecule has 0 amide bonds. The number of rotatable bonds is 3. The largest absolute Gasteiger partial charge is 0.497 e. The van der Waals surface area contributed by atoms with Gasteiger partial charge in [0.25, 0.3) is 0 Å². The van der Waals surface area contributed by atoms with Crippen LogP contribution in [0.15, 0.2) is 47.4 Å². The molecule has 5 heteroatoms. The van der Waals surface area contributed by atoms with Gasteiger partial charge in [-0.2, -0.15) is 0 Å². The van der Waals surface area contributed by atoms with Crippen LogP contribution in [0.25, 0.3) is 22.3 Å². The normalized spacial score (nSPS) is 10.8. The fraction of sp³-hybridized carbons (Fsp3) is 0.125. The first-order chi connectivity index (χ1) is 10.2. The molecule has 0 atom stereocenters. The van der Waals surface area contributed by atoms with Crippen molar-refractivity contribution in [2.24, 2.45) is 0 Å². The molecule has 3 nitrogen and oxygen atoms in total. The zero-order chi connectivity index (χ0) is 14.8. The lowest BCUT2D eigenvalue weighted by atomic mass is 10.2. The Balaban J connectivity index is 2.13. The van der Waals surface area contributed by atoms with Crippen LogP contribution in [0.5, 0.6) is 5.75 Å². The number of hydrogen-bond donors (Lipinski definition) is 0. The molecule has 0 fully saturated rings. The van der Waals surface area contributed by atoms with Gasteiger partial charge in [-0.3, -0.25) is 0 Å². The Hall–Kier alpha value is -1.78. The van der Waals surface area contributed by atoms with Crippen LogP contribution in [0.2, 0.25) is 5.15 Å². The van der Waals surface area contributed by atoms with E-state index in [0.29, 0.717) is 11.0 Å². The fourth-order valence-electron chi connectivity index (χ4n) is 2.07. The van der Waals surface area contributed by atoms with Crippen molar-refractivity contribution in [3.05, 3.63) is 47.6 Å². The van der Waals surface area contributed by atoms with E-state index in [9.17, 15) is 0 Å². The first kappa shape index (κ1) is 14.2. The average Bonchev–Trinajstić information content (AvgIpc) is 2.54. The zero-order valence-electron chi connectivity index (χ0n) is 11.6. The number of fused-ring (bicyclic) bond motifs is 1. The summed E-state index contributed by atoms with van der Waals surface area (Å²) in [5.74, 6) is 1.37. The quantitative estimate of drug-likeness (QED) is 0.519. The lowest BCUT2D eigenvalue weighted by Gasteiger charge is -2.07. The smallest absolute Gasteiger partial charge is 0.161 e. The zero-order valence-corrected chi connectivity index (χ0v) is 13.2. The molecule has 3 aromatic rings. The summed E-state index contributed by atoms with van der Waals surface area (Å²) in [6, 6.07) is 13.7. The van der Waals surface area contributed by atoms with Gasteiger partial charge in [0.1, 0.15) is 10.9 Å². The Morgan fingerprint density at radius 2 is 1.81 bits per heavy atom. The number of hydrogen-bond acceptors (Lipinski definition) is 4. The van der Waals surface area contributed by atoms with Gasteiger partial charge in [0.2, 0.25) is 0 Å². The van der Waals surface area contributed by atoms with E-state index >= 15 is 0 Å². The van der Waals surface area contributed by atoms with Crippen LogP contribution in [-0.4, -0.2) is 23.3 Å². The number of halogens is 1. The SMILES string of the molecule is COc1ccc2c(Cl)nc(-c3ccc(SC)cc3)nc2c1. The molecule has 0 N–H and O–H groups in total. The van der Waals surface area contributed by atoms with Gasteiger partial charge < -0.3 is 4.74 Å². The molecule has 1 heterocycles. The van der Waals surface area contributed by atoms with Gasteiger partial charge in [0.05, 0.1) is 12.6 Å². The Morgan fingerprint density at radius 3 is 2.48 bits per heavy atom. The van der Waals surface area contributed by atoms with Crippen molar-refractivity contribution in [2.75, 3.05) is 13.4 Å². The second-order valence-electron chi connectivity index (χ2n) is 4.45. The number of thioether (sulfide) groups is 1. The summed E-state index contributed by atoms with van der Waals surface area (Å²) in [5.41, 5.74) is 1.72. The Kier molecular flexibility index (Phi) is 3.99. The molecular formula is C16H13ClN2OS. The summed E-state index contributed by atoms with van der Waals surface area (Å²) in [4.78, 5) is 10.2. The summed E-state index contributed by atoms with van der Waals surface area (Å²) < 4.78 is 5.23. The maximum Gasteiger partial charge on any atom is 0.161 e. The molecule has 0 aliphatic heterocycles. The topological polar surface area (TPSA) is 35.0 Å². The van der Waals surface area contributed by atoms with E-state index < -0.39 is 0 Å². The van der Waals surface area contributed by atoms with Crippen LogP contribution >= 0.6 is 23.4 Å². The minimum absolute atomic E-state index is 0.451. The molecule has 0 spiro atoms. The second-order valence-corrected chi connectivity index (χ2v) is 5.69. The summed E-state index contributed by atoms with van der Waals surface area (Å²) in [6.07, 6.45) is 2.05. The van der Waals surface area contributed by atoms with Gasteiger partial charge in [-0.1, -0.05) is 23.7 Å². The predicted molar refractivity (Wildman–Crippen MR) is 88.3 cm³/mol. The van der Waals surface area contributed by atoms with Crippen molar-refractivity contribution >= 4 is 34.3 Å². The van der Waals surface area contributed by atoms with Gasteiger partial charge in [0.15, 0.2) is 5.82 Å². The highest BCUT2D eigenvalue weighted by atomic mass is 35.5. The van der Waals surface area contributed by atoms with E-state index in [4.69, 9.17) is 16.3 Å². The molecule has 0 saturated carbocycles. The van der Waals surface area contributed by atoms with E-state index in [2.05, 4.69) is 9.97 Å². The second kappa shape index (κ2) is 5.92. The number of aromatic nitrogens is 2. The Bertz CT molecular complexity index is 790. The minimum atomic E-state index is 0.451. The fourth-order valence-corrected chi connectivity index (χ4v) is 2.71. The molecule has 3 rings (SSSR count). The van der Waals surface area contributed by atoms with Gasteiger partial charge in [0, 0.05) is 21.9 Å². The van der Waals surface area contributed by atoms with E-state index in [-0.39, 0.29) is 0 Å². The minimum Gasteiger partial charge on any atom is -0.497 e. The molecule has 21 heavy (non-hydrogen) atoms. The highest BCUT2D eigenvalue weighted by molar-refractivity contribution is 7.98. The van der Waals surface area contributed by atoms with Gasteiger partial charge >= 0.3 is 0 Å². The predicted octanol–water partition coefficient (Wildman–Crippen LogP) is 4.68. The first-order valence-electron chi connectivity index (χ1n) is 6.37. The molecule has 0 saturated heterocycles. The number of benzene rings is 2. The highest BCUT2D eigenvalue weighted by Gasteiger charge is 2.09. The molecule has 0 aliphatic carbocycles. The van der Waals surface area contributed by atoms with Gasteiger partial charge in [-0.15, -0.1) is 11.8 Å². The maximum absolute atomic E-state index is 6.27. The van der Waals surface area contributed by atoms with Crippen LogP contribution in [0.4, 0.5) is 0 Å². The first-order valence-corrected chi connectivity index (χ1v) is 7.97. The van der Waals surface area contributed by atoms with Crippen molar-refractivity contribution < 1.29 is 4.74 Å². The van der Waals surface area contributed by atoms with Gasteiger partial charge in [-0.25, -0.2) is 9.97 Å². The lowest BCUT2D eigenvalue weighted by Crippen LogP contribution is -1.93. The Labute approximate surface area is 132 Å². The Morgan fingerprint density at radius 1 is 1.05 bits per heavy atom.